The molecule has 0 saturated carbocycles. The van der Waals surface area contributed by atoms with Crippen molar-refractivity contribution < 1.29 is 19.5 Å². The first-order valence-corrected chi connectivity index (χ1v) is 4.46. The Bertz CT molecular complexity index is 321. The van der Waals surface area contributed by atoms with Crippen LogP contribution in [0.15, 0.2) is 0 Å². The van der Waals surface area contributed by atoms with Gasteiger partial charge >= 0.3 is 12.0 Å². The molecular formula is C9H13N3O4. The van der Waals surface area contributed by atoms with Crippen LogP contribution in [0.25, 0.3) is 0 Å². The van der Waals surface area contributed by atoms with E-state index in [0.717, 1.165) is 0 Å². The van der Waals surface area contributed by atoms with Gasteiger partial charge in [-0.15, -0.1) is 6.42 Å². The summed E-state index contributed by atoms with van der Waals surface area (Å²) in [5.74, 6) is 0.291. The average Bonchev–Trinajstić information content (AvgIpc) is 2.20. The summed E-state index contributed by atoms with van der Waals surface area (Å²) in [4.78, 5) is 32.2. The van der Waals surface area contributed by atoms with Crippen LogP contribution in [0.2, 0.25) is 0 Å². The highest BCUT2D eigenvalue weighted by Crippen LogP contribution is 1.97. The molecule has 0 aromatic rings. The van der Waals surface area contributed by atoms with E-state index in [2.05, 4.69) is 16.6 Å². The van der Waals surface area contributed by atoms with Crippen molar-refractivity contribution >= 4 is 17.9 Å². The van der Waals surface area contributed by atoms with Gasteiger partial charge in [0.1, 0.15) is 6.04 Å². The minimum Gasteiger partial charge on any atom is -0.480 e. The molecule has 0 aliphatic carbocycles. The smallest absolute Gasteiger partial charge is 0.326 e. The molecule has 0 radical (unpaired) electrons. The average molecular weight is 227 g/mol. The zero-order chi connectivity index (χ0) is 12.6. The molecule has 0 spiro atoms. The summed E-state index contributed by atoms with van der Waals surface area (Å²) in [5, 5.41) is 13.1. The first-order valence-electron chi connectivity index (χ1n) is 4.46. The molecule has 0 aromatic heterocycles. The highest BCUT2D eigenvalue weighted by Gasteiger charge is 2.19. The Labute approximate surface area is 92.4 Å². The largest absolute Gasteiger partial charge is 0.480 e. The number of carboxylic acids is 1. The number of rotatable bonds is 6. The summed E-state index contributed by atoms with van der Waals surface area (Å²) in [6.45, 7) is -0.00596. The van der Waals surface area contributed by atoms with E-state index in [0.29, 0.717) is 0 Å². The summed E-state index contributed by atoms with van der Waals surface area (Å²) in [6, 6.07) is -1.86. The third-order valence-corrected chi connectivity index (χ3v) is 1.63. The third kappa shape index (κ3) is 6.26. The molecular weight excluding hydrogens is 214 g/mol. The molecule has 0 aliphatic rings. The highest BCUT2D eigenvalue weighted by atomic mass is 16.4. The molecule has 7 heteroatoms. The lowest BCUT2D eigenvalue weighted by atomic mass is 10.1. The van der Waals surface area contributed by atoms with E-state index in [-0.39, 0.29) is 19.4 Å². The van der Waals surface area contributed by atoms with E-state index in [1.807, 2.05) is 0 Å². The van der Waals surface area contributed by atoms with E-state index in [9.17, 15) is 14.4 Å². The van der Waals surface area contributed by atoms with Gasteiger partial charge in [0.15, 0.2) is 0 Å². The third-order valence-electron chi connectivity index (χ3n) is 1.63. The topological polar surface area (TPSA) is 122 Å². The van der Waals surface area contributed by atoms with Crippen LogP contribution >= 0.6 is 0 Å². The van der Waals surface area contributed by atoms with Gasteiger partial charge in [-0.05, 0) is 6.42 Å². The van der Waals surface area contributed by atoms with Gasteiger partial charge in [-0.1, -0.05) is 5.92 Å². The summed E-state index contributed by atoms with van der Waals surface area (Å²) in [7, 11) is 0. The van der Waals surface area contributed by atoms with Crippen molar-refractivity contribution in [2.45, 2.75) is 18.9 Å². The Hall–Kier alpha value is -2.23. The number of hydrogen-bond donors (Lipinski definition) is 4. The van der Waals surface area contributed by atoms with Crippen molar-refractivity contribution in [2.24, 2.45) is 5.73 Å². The quantitative estimate of drug-likeness (QED) is 0.418. The van der Waals surface area contributed by atoms with E-state index >= 15 is 0 Å². The molecule has 0 heterocycles. The molecule has 0 aliphatic heterocycles. The number of carboxylic acid groups (broad SMARTS) is 1. The summed E-state index contributed by atoms with van der Waals surface area (Å²) in [5.41, 5.74) is 4.87. The Morgan fingerprint density at radius 3 is 2.50 bits per heavy atom. The van der Waals surface area contributed by atoms with Crippen LogP contribution in [0.3, 0.4) is 0 Å². The molecule has 5 N–H and O–H groups in total. The maximum Gasteiger partial charge on any atom is 0.326 e. The van der Waals surface area contributed by atoms with Crippen molar-refractivity contribution in [1.82, 2.24) is 10.6 Å². The minimum absolute atomic E-state index is 0.00596. The van der Waals surface area contributed by atoms with Gasteiger partial charge in [0.05, 0.1) is 6.54 Å². The Balaban J connectivity index is 4.13. The number of amides is 3. The second-order valence-electron chi connectivity index (χ2n) is 2.93. The predicted octanol–water partition coefficient (Wildman–Crippen LogP) is -1.36. The fourth-order valence-corrected chi connectivity index (χ4v) is 0.885. The van der Waals surface area contributed by atoms with Crippen molar-refractivity contribution in [3.8, 4) is 12.3 Å². The second-order valence-corrected chi connectivity index (χ2v) is 2.93. The van der Waals surface area contributed by atoms with E-state index < -0.39 is 23.9 Å². The maximum atomic E-state index is 11.1. The second kappa shape index (κ2) is 7.11. The van der Waals surface area contributed by atoms with Gasteiger partial charge in [-0.2, -0.15) is 0 Å². The standard InChI is InChI=1S/C9H13N3O4/c1-2-5-11-9(16)12-6(8(14)15)3-4-7(10)13/h1,6H,3-5H2,(H2,10,13)(H,14,15)(H2,11,12,16)/t6-/m1/s1. The number of terminal acetylenes is 1. The molecule has 0 saturated heterocycles. The molecule has 7 nitrogen and oxygen atoms in total. The van der Waals surface area contributed by atoms with E-state index in [1.165, 1.54) is 0 Å². The van der Waals surface area contributed by atoms with Crippen LogP contribution in [-0.4, -0.2) is 35.6 Å². The molecule has 0 aromatic carbocycles. The number of carbonyl (C=O) groups excluding carboxylic acids is 2. The first-order chi connectivity index (χ1) is 7.47. The van der Waals surface area contributed by atoms with Gasteiger partial charge in [-0.25, -0.2) is 9.59 Å². The fraction of sp³-hybridized carbons (Fsp3) is 0.444. The summed E-state index contributed by atoms with van der Waals surface area (Å²) in [6.07, 6.45) is 4.72. The lowest BCUT2D eigenvalue weighted by molar-refractivity contribution is -0.139. The SMILES string of the molecule is C#CCNC(=O)N[C@H](CCC(N)=O)C(=O)O. The van der Waals surface area contributed by atoms with Crippen molar-refractivity contribution in [3.63, 3.8) is 0 Å². The number of aliphatic carboxylic acids is 1. The normalized spacial score (nSPS) is 10.9. The lowest BCUT2D eigenvalue weighted by Gasteiger charge is -2.13. The predicted molar refractivity (Wildman–Crippen MR) is 55.2 cm³/mol. The van der Waals surface area contributed by atoms with Gasteiger partial charge in [0, 0.05) is 6.42 Å². The zero-order valence-electron chi connectivity index (χ0n) is 8.53. The van der Waals surface area contributed by atoms with Gasteiger partial charge in [0.25, 0.3) is 0 Å². The minimum atomic E-state index is -1.24. The molecule has 0 bridgehead atoms. The fourth-order valence-electron chi connectivity index (χ4n) is 0.885. The van der Waals surface area contributed by atoms with Crippen LogP contribution in [0, 0.1) is 12.3 Å². The molecule has 0 fully saturated rings. The summed E-state index contributed by atoms with van der Waals surface area (Å²) < 4.78 is 0. The van der Waals surface area contributed by atoms with E-state index in [4.69, 9.17) is 17.3 Å². The molecule has 16 heavy (non-hydrogen) atoms. The number of nitrogens with two attached hydrogens (primary N) is 1. The highest BCUT2D eigenvalue weighted by molar-refractivity contribution is 5.83. The Kier molecular flexibility index (Phi) is 6.12. The van der Waals surface area contributed by atoms with Gasteiger partial charge in [0.2, 0.25) is 5.91 Å². The molecule has 0 unspecified atom stereocenters. The van der Waals surface area contributed by atoms with Crippen LogP contribution in [0.5, 0.6) is 0 Å². The number of primary amides is 1. The van der Waals surface area contributed by atoms with E-state index in [1.54, 1.807) is 0 Å². The Morgan fingerprint density at radius 1 is 1.44 bits per heavy atom. The maximum absolute atomic E-state index is 11.1. The molecule has 0 rings (SSSR count). The number of urea groups is 1. The number of hydrogen-bond acceptors (Lipinski definition) is 3. The van der Waals surface area contributed by atoms with Crippen molar-refractivity contribution in [3.05, 3.63) is 0 Å². The van der Waals surface area contributed by atoms with Crippen molar-refractivity contribution in [2.75, 3.05) is 6.54 Å². The Morgan fingerprint density at radius 2 is 2.06 bits per heavy atom. The number of carbonyl (C=O) groups is 3. The van der Waals surface area contributed by atoms with Crippen LogP contribution < -0.4 is 16.4 Å². The zero-order valence-corrected chi connectivity index (χ0v) is 8.53. The van der Waals surface area contributed by atoms with Gasteiger partial charge < -0.3 is 21.5 Å². The number of nitrogens with one attached hydrogen (secondary N) is 2. The molecule has 3 amide bonds. The first kappa shape index (κ1) is 13.8. The lowest BCUT2D eigenvalue weighted by Crippen LogP contribution is -2.46. The molecule has 88 valence electrons. The monoisotopic (exact) mass is 227 g/mol. The van der Waals surface area contributed by atoms with Crippen LogP contribution in [0.1, 0.15) is 12.8 Å². The molecule has 1 atom stereocenters. The van der Waals surface area contributed by atoms with Crippen LogP contribution in [0.4, 0.5) is 4.79 Å². The van der Waals surface area contributed by atoms with Gasteiger partial charge in [-0.3, -0.25) is 4.79 Å². The summed E-state index contributed by atoms with van der Waals surface area (Å²) >= 11 is 0. The van der Waals surface area contributed by atoms with Crippen molar-refractivity contribution in [1.29, 1.82) is 0 Å². The van der Waals surface area contributed by atoms with Crippen LogP contribution in [-0.2, 0) is 9.59 Å².